The number of hydrogen-bond donors (Lipinski definition) is 2. The van der Waals surface area contributed by atoms with Gasteiger partial charge in [0.05, 0.1) is 0 Å². The Morgan fingerprint density at radius 3 is 2.44 bits per heavy atom. The largest absolute Gasteiger partial charge is 0.489 e. The van der Waals surface area contributed by atoms with Crippen molar-refractivity contribution >= 4 is 5.91 Å². The number of carbonyl (C=O) groups is 1. The molecular weight excluding hydrogens is 316 g/mol. The molecule has 2 N–H and O–H groups in total. The first-order valence-corrected chi connectivity index (χ1v) is 8.69. The SMILES string of the molecule is O=C(COc1ccc(OCc2ccccc2)cc1)NC1CCCNC1. The van der Waals surface area contributed by atoms with Gasteiger partial charge in [0, 0.05) is 12.6 Å². The van der Waals surface area contributed by atoms with Gasteiger partial charge in [0.15, 0.2) is 6.61 Å². The van der Waals surface area contributed by atoms with E-state index in [0.29, 0.717) is 12.4 Å². The Bertz CT molecular complexity index is 652. The second-order valence-electron chi connectivity index (χ2n) is 6.15. The van der Waals surface area contributed by atoms with Crippen LogP contribution < -0.4 is 20.1 Å². The highest BCUT2D eigenvalue weighted by molar-refractivity contribution is 5.77. The molecule has 132 valence electrons. The maximum Gasteiger partial charge on any atom is 0.258 e. The molecule has 0 radical (unpaired) electrons. The zero-order valence-electron chi connectivity index (χ0n) is 14.2. The normalized spacial score (nSPS) is 16.9. The molecule has 0 aromatic heterocycles. The molecule has 2 aromatic rings. The van der Waals surface area contributed by atoms with Gasteiger partial charge in [0.2, 0.25) is 0 Å². The van der Waals surface area contributed by atoms with Crippen LogP contribution in [0.25, 0.3) is 0 Å². The van der Waals surface area contributed by atoms with Crippen LogP contribution in [0.4, 0.5) is 0 Å². The minimum atomic E-state index is -0.0851. The highest BCUT2D eigenvalue weighted by atomic mass is 16.5. The summed E-state index contributed by atoms with van der Waals surface area (Å²) in [6.45, 7) is 2.42. The van der Waals surface area contributed by atoms with Crippen LogP contribution >= 0.6 is 0 Å². The van der Waals surface area contributed by atoms with Gasteiger partial charge in [0.25, 0.3) is 5.91 Å². The Balaban J connectivity index is 1.40. The zero-order valence-corrected chi connectivity index (χ0v) is 14.2. The fourth-order valence-corrected chi connectivity index (χ4v) is 2.77. The van der Waals surface area contributed by atoms with Crippen molar-refractivity contribution < 1.29 is 14.3 Å². The first kappa shape index (κ1) is 17.3. The molecule has 1 fully saturated rings. The zero-order chi connectivity index (χ0) is 17.3. The van der Waals surface area contributed by atoms with E-state index in [1.165, 1.54) is 0 Å². The Hall–Kier alpha value is -2.53. The predicted octanol–water partition coefficient (Wildman–Crippen LogP) is 2.51. The van der Waals surface area contributed by atoms with E-state index >= 15 is 0 Å². The van der Waals surface area contributed by atoms with Crippen LogP contribution in [0, 0.1) is 0 Å². The minimum Gasteiger partial charge on any atom is -0.489 e. The number of nitrogens with one attached hydrogen (secondary N) is 2. The van der Waals surface area contributed by atoms with Crippen molar-refractivity contribution in [2.45, 2.75) is 25.5 Å². The molecule has 1 unspecified atom stereocenters. The molecule has 25 heavy (non-hydrogen) atoms. The molecule has 0 bridgehead atoms. The third-order valence-corrected chi connectivity index (χ3v) is 4.10. The first-order chi connectivity index (χ1) is 12.3. The van der Waals surface area contributed by atoms with Crippen molar-refractivity contribution in [3.63, 3.8) is 0 Å². The predicted molar refractivity (Wildman–Crippen MR) is 96.7 cm³/mol. The maximum absolute atomic E-state index is 11.9. The highest BCUT2D eigenvalue weighted by Crippen LogP contribution is 2.18. The van der Waals surface area contributed by atoms with Crippen LogP contribution in [0.2, 0.25) is 0 Å². The summed E-state index contributed by atoms with van der Waals surface area (Å²) in [5.74, 6) is 1.34. The molecule has 1 aliphatic rings. The van der Waals surface area contributed by atoms with E-state index in [1.54, 1.807) is 0 Å². The standard InChI is InChI=1S/C20H24N2O3/c23-20(22-17-7-4-12-21-13-17)15-25-19-10-8-18(9-11-19)24-14-16-5-2-1-3-6-16/h1-3,5-6,8-11,17,21H,4,7,12-15H2,(H,22,23). The van der Waals surface area contributed by atoms with E-state index in [9.17, 15) is 4.79 Å². The average Bonchev–Trinajstić information content (AvgIpc) is 2.67. The molecule has 1 heterocycles. The molecule has 3 rings (SSSR count). The number of benzene rings is 2. The van der Waals surface area contributed by atoms with E-state index in [2.05, 4.69) is 10.6 Å². The van der Waals surface area contributed by atoms with Crippen LogP contribution in [0.15, 0.2) is 54.6 Å². The Morgan fingerprint density at radius 2 is 1.76 bits per heavy atom. The molecule has 1 amide bonds. The average molecular weight is 340 g/mol. The van der Waals surface area contributed by atoms with Crippen LogP contribution in [0.1, 0.15) is 18.4 Å². The molecule has 1 saturated heterocycles. The first-order valence-electron chi connectivity index (χ1n) is 8.69. The lowest BCUT2D eigenvalue weighted by atomic mass is 10.1. The van der Waals surface area contributed by atoms with Crippen LogP contribution in [-0.4, -0.2) is 31.6 Å². The second-order valence-corrected chi connectivity index (χ2v) is 6.15. The lowest BCUT2D eigenvalue weighted by Gasteiger charge is -2.23. The van der Waals surface area contributed by atoms with Crippen molar-refractivity contribution in [2.75, 3.05) is 19.7 Å². The summed E-state index contributed by atoms with van der Waals surface area (Å²) >= 11 is 0. The summed E-state index contributed by atoms with van der Waals surface area (Å²) in [6.07, 6.45) is 2.11. The number of piperidine rings is 1. The maximum atomic E-state index is 11.9. The topological polar surface area (TPSA) is 59.6 Å². The summed E-state index contributed by atoms with van der Waals surface area (Å²) in [7, 11) is 0. The molecular formula is C20H24N2O3. The van der Waals surface area contributed by atoms with Crippen molar-refractivity contribution in [1.82, 2.24) is 10.6 Å². The summed E-state index contributed by atoms with van der Waals surface area (Å²) < 4.78 is 11.3. The van der Waals surface area contributed by atoms with E-state index in [1.807, 2.05) is 54.6 Å². The molecule has 0 saturated carbocycles. The third-order valence-electron chi connectivity index (χ3n) is 4.10. The van der Waals surface area contributed by atoms with Crippen LogP contribution in [-0.2, 0) is 11.4 Å². The molecule has 2 aromatic carbocycles. The van der Waals surface area contributed by atoms with Gasteiger partial charge < -0.3 is 20.1 Å². The lowest BCUT2D eigenvalue weighted by Crippen LogP contribution is -2.46. The van der Waals surface area contributed by atoms with Gasteiger partial charge in [-0.1, -0.05) is 30.3 Å². The van der Waals surface area contributed by atoms with E-state index in [0.717, 1.165) is 37.2 Å². The molecule has 5 heteroatoms. The van der Waals surface area contributed by atoms with Gasteiger partial charge >= 0.3 is 0 Å². The van der Waals surface area contributed by atoms with Crippen molar-refractivity contribution in [3.05, 3.63) is 60.2 Å². The minimum absolute atomic E-state index is 0.0285. The summed E-state index contributed by atoms with van der Waals surface area (Å²) in [4.78, 5) is 11.9. The Kier molecular flexibility index (Phi) is 6.29. The fraction of sp³-hybridized carbons (Fsp3) is 0.350. The van der Waals surface area contributed by atoms with Crippen molar-refractivity contribution in [2.24, 2.45) is 0 Å². The van der Waals surface area contributed by atoms with Crippen molar-refractivity contribution in [1.29, 1.82) is 0 Å². The number of hydrogen-bond acceptors (Lipinski definition) is 4. The van der Waals surface area contributed by atoms with Gasteiger partial charge in [0.1, 0.15) is 18.1 Å². The van der Waals surface area contributed by atoms with Gasteiger partial charge in [-0.25, -0.2) is 0 Å². The molecule has 1 aliphatic heterocycles. The molecule has 0 aliphatic carbocycles. The van der Waals surface area contributed by atoms with Crippen molar-refractivity contribution in [3.8, 4) is 11.5 Å². The second kappa shape index (κ2) is 9.08. The van der Waals surface area contributed by atoms with Gasteiger partial charge in [-0.05, 0) is 49.2 Å². The van der Waals surface area contributed by atoms with E-state index in [4.69, 9.17) is 9.47 Å². The van der Waals surface area contributed by atoms with E-state index < -0.39 is 0 Å². The number of ether oxygens (including phenoxy) is 2. The lowest BCUT2D eigenvalue weighted by molar-refractivity contribution is -0.123. The molecule has 1 atom stereocenters. The number of carbonyl (C=O) groups excluding carboxylic acids is 1. The smallest absolute Gasteiger partial charge is 0.258 e. The fourth-order valence-electron chi connectivity index (χ4n) is 2.77. The van der Waals surface area contributed by atoms with Crippen LogP contribution in [0.5, 0.6) is 11.5 Å². The summed E-state index contributed by atoms with van der Waals surface area (Å²) in [6, 6.07) is 17.5. The Labute approximate surface area is 148 Å². The van der Waals surface area contributed by atoms with Gasteiger partial charge in [-0.2, -0.15) is 0 Å². The number of rotatable bonds is 7. The van der Waals surface area contributed by atoms with Gasteiger partial charge in [-0.3, -0.25) is 4.79 Å². The monoisotopic (exact) mass is 340 g/mol. The molecule has 5 nitrogen and oxygen atoms in total. The summed E-state index contributed by atoms with van der Waals surface area (Å²) in [5, 5.41) is 6.26. The van der Waals surface area contributed by atoms with Gasteiger partial charge in [-0.15, -0.1) is 0 Å². The summed E-state index contributed by atoms with van der Waals surface area (Å²) in [5.41, 5.74) is 1.12. The van der Waals surface area contributed by atoms with E-state index in [-0.39, 0.29) is 18.6 Å². The molecule has 0 spiro atoms. The van der Waals surface area contributed by atoms with Crippen LogP contribution in [0.3, 0.4) is 0 Å². The highest BCUT2D eigenvalue weighted by Gasteiger charge is 2.15. The number of amides is 1. The Morgan fingerprint density at radius 1 is 1.04 bits per heavy atom. The quantitative estimate of drug-likeness (QED) is 0.813. The third kappa shape index (κ3) is 5.80.